The molecule has 0 spiro atoms. The monoisotopic (exact) mass is 816 g/mol. The van der Waals surface area contributed by atoms with Gasteiger partial charge in [-0.15, -0.1) is 0 Å². The summed E-state index contributed by atoms with van der Waals surface area (Å²) in [6, 6.07) is 71.3. The summed E-state index contributed by atoms with van der Waals surface area (Å²) in [5.41, 5.74) is 16.7. The van der Waals surface area contributed by atoms with E-state index in [0.717, 1.165) is 77.9 Å². The molecule has 0 aliphatic carbocycles. The van der Waals surface area contributed by atoms with Crippen LogP contribution in [0.25, 0.3) is 133 Å². The Bertz CT molecular complexity index is 4180. The molecule has 0 atom stereocenters. The minimum Gasteiger partial charge on any atom is -0.454 e. The molecule has 0 aliphatic heterocycles. The van der Waals surface area contributed by atoms with Crippen molar-refractivity contribution in [2.24, 2.45) is 0 Å². The third-order valence-corrected chi connectivity index (χ3v) is 13.5. The van der Waals surface area contributed by atoms with Crippen LogP contribution >= 0.6 is 0 Å². The van der Waals surface area contributed by atoms with Crippen LogP contribution in [0, 0.1) is 6.92 Å². The topological polar surface area (TPSA) is 48.3 Å². The molecule has 0 saturated heterocycles. The highest BCUT2D eigenvalue weighted by Crippen LogP contribution is 2.47. The fourth-order valence-corrected chi connectivity index (χ4v) is 10.7. The molecule has 0 unspecified atom stereocenters. The van der Waals surface area contributed by atoms with E-state index >= 15 is 0 Å². The maximum atomic E-state index is 7.05. The van der Waals surface area contributed by atoms with E-state index in [-0.39, 0.29) is 0 Å². The van der Waals surface area contributed by atoms with E-state index < -0.39 is 0 Å². The van der Waals surface area contributed by atoms with Gasteiger partial charge in [0.2, 0.25) is 0 Å². The Morgan fingerprint density at radius 2 is 0.984 bits per heavy atom. The minimum absolute atomic E-state index is 0.675. The van der Waals surface area contributed by atoms with Crippen LogP contribution in [0.2, 0.25) is 0 Å². The molecule has 5 heterocycles. The zero-order chi connectivity index (χ0) is 42.0. The molecule has 5 nitrogen and oxygen atoms in total. The largest absolute Gasteiger partial charge is 0.454 e. The Hall–Kier alpha value is -8.54. The Morgan fingerprint density at radius 1 is 0.391 bits per heavy atom. The van der Waals surface area contributed by atoms with E-state index in [0.29, 0.717) is 5.82 Å². The van der Waals surface area contributed by atoms with Gasteiger partial charge in [-0.2, -0.15) is 0 Å². The molecule has 9 aromatic carbocycles. The molecule has 14 rings (SSSR count). The maximum Gasteiger partial charge on any atom is 0.160 e. The Labute approximate surface area is 367 Å². The lowest BCUT2D eigenvalue weighted by atomic mass is 9.96. The summed E-state index contributed by atoms with van der Waals surface area (Å²) in [6.07, 6.45) is 0. The SMILES string of the molecule is Cc1c(-c2ccccc2)nc(-c2ccc(-c3ccccc3)cc2)nc1-c1ccc(-n2c3ccccc3c3c4c5cccc6c7ccccc7n(c4ccc32)c65)c2oc3ccccc3c12. The maximum absolute atomic E-state index is 7.05. The summed E-state index contributed by atoms with van der Waals surface area (Å²) >= 11 is 0. The van der Waals surface area contributed by atoms with Crippen molar-refractivity contribution in [1.29, 1.82) is 0 Å². The van der Waals surface area contributed by atoms with Gasteiger partial charge in [-0.05, 0) is 60.5 Å². The number of furan rings is 1. The van der Waals surface area contributed by atoms with Crippen LogP contribution in [0.5, 0.6) is 0 Å². The summed E-state index contributed by atoms with van der Waals surface area (Å²) in [6.45, 7) is 2.15. The number of aromatic nitrogens is 4. The van der Waals surface area contributed by atoms with Gasteiger partial charge >= 0.3 is 0 Å². The minimum atomic E-state index is 0.675. The molecule has 0 amide bonds. The number of benzene rings is 9. The van der Waals surface area contributed by atoms with E-state index in [9.17, 15) is 0 Å². The number of nitrogens with zero attached hydrogens (tertiary/aromatic N) is 4. The van der Waals surface area contributed by atoms with E-state index in [1.807, 2.05) is 18.2 Å². The summed E-state index contributed by atoms with van der Waals surface area (Å²) in [7, 11) is 0. The number of fused-ring (bicyclic) bond motifs is 13. The first-order valence-corrected chi connectivity index (χ1v) is 21.8. The molecule has 0 saturated carbocycles. The van der Waals surface area contributed by atoms with E-state index in [2.05, 4.69) is 198 Å². The highest BCUT2D eigenvalue weighted by molar-refractivity contribution is 6.33. The van der Waals surface area contributed by atoms with Gasteiger partial charge in [-0.3, -0.25) is 0 Å². The molecule has 0 N–H and O–H groups in total. The van der Waals surface area contributed by atoms with Gasteiger partial charge in [0.15, 0.2) is 11.4 Å². The lowest BCUT2D eigenvalue weighted by Crippen LogP contribution is -2.01. The molecule has 0 aliphatic rings. The molecule has 5 heteroatoms. The van der Waals surface area contributed by atoms with Crippen LogP contribution in [0.15, 0.2) is 205 Å². The summed E-state index contributed by atoms with van der Waals surface area (Å²) < 4.78 is 11.9. The number of para-hydroxylation sites is 4. The zero-order valence-corrected chi connectivity index (χ0v) is 34.7. The predicted molar refractivity (Wildman–Crippen MR) is 265 cm³/mol. The van der Waals surface area contributed by atoms with Crippen molar-refractivity contribution in [2.75, 3.05) is 0 Å². The Morgan fingerprint density at radius 3 is 1.80 bits per heavy atom. The van der Waals surface area contributed by atoms with Gasteiger partial charge in [0.1, 0.15) is 5.58 Å². The number of hydrogen-bond donors (Lipinski definition) is 0. The first-order valence-electron chi connectivity index (χ1n) is 21.8. The molecular weight excluding hydrogens is 781 g/mol. The van der Waals surface area contributed by atoms with Gasteiger partial charge in [-0.1, -0.05) is 158 Å². The molecular formula is C59H36N4O. The van der Waals surface area contributed by atoms with E-state index in [4.69, 9.17) is 14.4 Å². The van der Waals surface area contributed by atoms with Crippen molar-refractivity contribution >= 4 is 81.8 Å². The fraction of sp³-hybridized carbons (Fsp3) is 0.0169. The van der Waals surface area contributed by atoms with Crippen molar-refractivity contribution in [1.82, 2.24) is 18.9 Å². The standard InChI is InChI=1S/C59H36N4O/c1-35-55(38-17-6-3-7-18-38)60-59(39-29-27-37(28-30-39)36-15-4-2-5-16-36)61-56(35)44-31-32-50(58-52(44)43-21-10-13-26-51(43)64-58)62-47-25-12-9-20-42(47)53-48(62)33-34-49-54(53)45-23-14-22-41-40-19-8-11-24-46(40)63(49)57(41)45/h2-34H,1H3. The van der Waals surface area contributed by atoms with Crippen LogP contribution in [0.1, 0.15) is 5.56 Å². The predicted octanol–water partition coefficient (Wildman–Crippen LogP) is 15.6. The third-order valence-electron chi connectivity index (χ3n) is 13.5. The van der Waals surface area contributed by atoms with E-state index in [1.54, 1.807) is 0 Å². The van der Waals surface area contributed by atoms with Gasteiger partial charge in [0.05, 0.1) is 44.7 Å². The Balaban J connectivity index is 1.04. The quantitative estimate of drug-likeness (QED) is 0.174. The lowest BCUT2D eigenvalue weighted by Gasteiger charge is -2.16. The molecule has 298 valence electrons. The van der Waals surface area contributed by atoms with Crippen molar-refractivity contribution in [3.05, 3.63) is 206 Å². The number of rotatable bonds is 5. The van der Waals surface area contributed by atoms with E-state index in [1.165, 1.54) is 54.4 Å². The fourth-order valence-electron chi connectivity index (χ4n) is 10.7. The molecule has 0 radical (unpaired) electrons. The molecule has 0 bridgehead atoms. The normalized spacial score (nSPS) is 12.1. The lowest BCUT2D eigenvalue weighted by molar-refractivity contribution is 0.666. The summed E-state index contributed by atoms with van der Waals surface area (Å²) in [5.74, 6) is 0.675. The highest BCUT2D eigenvalue weighted by atomic mass is 16.3. The summed E-state index contributed by atoms with van der Waals surface area (Å²) in [4.78, 5) is 10.8. The van der Waals surface area contributed by atoms with Gasteiger partial charge in [0, 0.05) is 65.3 Å². The van der Waals surface area contributed by atoms with Gasteiger partial charge in [-0.25, -0.2) is 9.97 Å². The second-order valence-corrected chi connectivity index (χ2v) is 16.9. The van der Waals surface area contributed by atoms with Crippen molar-refractivity contribution in [3.63, 3.8) is 0 Å². The molecule has 5 aromatic heterocycles. The molecule has 64 heavy (non-hydrogen) atoms. The second kappa shape index (κ2) is 13.2. The van der Waals surface area contributed by atoms with Crippen molar-refractivity contribution in [3.8, 4) is 50.7 Å². The second-order valence-electron chi connectivity index (χ2n) is 16.9. The average molecular weight is 817 g/mol. The van der Waals surface area contributed by atoms with Crippen LogP contribution in [-0.2, 0) is 0 Å². The van der Waals surface area contributed by atoms with Crippen LogP contribution in [0.4, 0.5) is 0 Å². The summed E-state index contributed by atoms with van der Waals surface area (Å²) in [5, 5.41) is 9.61. The highest BCUT2D eigenvalue weighted by Gasteiger charge is 2.26. The third kappa shape index (κ3) is 4.83. The van der Waals surface area contributed by atoms with Crippen LogP contribution < -0.4 is 0 Å². The Kier molecular flexibility index (Phi) is 7.26. The van der Waals surface area contributed by atoms with Gasteiger partial charge in [0.25, 0.3) is 0 Å². The smallest absolute Gasteiger partial charge is 0.160 e. The number of hydrogen-bond acceptors (Lipinski definition) is 3. The molecule has 0 fully saturated rings. The first kappa shape index (κ1) is 35.1. The van der Waals surface area contributed by atoms with Crippen LogP contribution in [0.3, 0.4) is 0 Å². The van der Waals surface area contributed by atoms with Crippen molar-refractivity contribution < 1.29 is 4.42 Å². The van der Waals surface area contributed by atoms with Crippen molar-refractivity contribution in [2.45, 2.75) is 6.92 Å². The molecule has 14 aromatic rings. The first-order chi connectivity index (χ1) is 31.7. The van der Waals surface area contributed by atoms with Gasteiger partial charge < -0.3 is 13.4 Å². The zero-order valence-electron chi connectivity index (χ0n) is 34.7. The van der Waals surface area contributed by atoms with Crippen LogP contribution in [-0.4, -0.2) is 18.9 Å². The average Bonchev–Trinajstić information content (AvgIpc) is 4.11.